The molecule has 1 aliphatic heterocycles. The lowest BCUT2D eigenvalue weighted by Gasteiger charge is -2.36. The van der Waals surface area contributed by atoms with Gasteiger partial charge in [-0.1, -0.05) is 37.5 Å². The van der Waals surface area contributed by atoms with Gasteiger partial charge < -0.3 is 20.0 Å². The van der Waals surface area contributed by atoms with Crippen molar-refractivity contribution in [2.75, 3.05) is 23.3 Å². The highest BCUT2D eigenvalue weighted by Gasteiger charge is 2.42. The van der Waals surface area contributed by atoms with Crippen molar-refractivity contribution < 1.29 is 23.2 Å². The smallest absolute Gasteiger partial charge is 0.287 e. The van der Waals surface area contributed by atoms with Gasteiger partial charge in [0.15, 0.2) is 11.5 Å². The number of hydrogen-bond acceptors (Lipinski definition) is 6. The highest BCUT2D eigenvalue weighted by atomic mass is 19.1. The number of Topliss-reactive ketones (excluding diaryl/α,β-unsaturated/α-hetero) is 1. The molecule has 1 aromatic heterocycles. The maximum Gasteiger partial charge on any atom is 0.287 e. The van der Waals surface area contributed by atoms with E-state index in [0.29, 0.717) is 56.3 Å². The van der Waals surface area contributed by atoms with Crippen LogP contribution in [0.25, 0.3) is 11.0 Å². The van der Waals surface area contributed by atoms with Crippen LogP contribution in [0.15, 0.2) is 46.9 Å². The monoisotopic (exact) mass is 502 g/mol. The number of nitrogens with one attached hydrogen (secondary N) is 2. The topological polar surface area (TPSA) is 115 Å². The van der Waals surface area contributed by atoms with Gasteiger partial charge in [0.1, 0.15) is 23.0 Å². The Bertz CT molecular complexity index is 1380. The zero-order chi connectivity index (χ0) is 26.0. The van der Waals surface area contributed by atoms with Crippen molar-refractivity contribution in [3.05, 3.63) is 59.6 Å². The van der Waals surface area contributed by atoms with Gasteiger partial charge in [-0.05, 0) is 43.5 Å². The first kappa shape index (κ1) is 24.5. The van der Waals surface area contributed by atoms with E-state index in [1.165, 1.54) is 12.1 Å². The second-order valence-electron chi connectivity index (χ2n) is 9.73. The van der Waals surface area contributed by atoms with E-state index in [-0.39, 0.29) is 29.3 Å². The molecule has 3 aromatic rings. The summed E-state index contributed by atoms with van der Waals surface area (Å²) in [5, 5.41) is 16.0. The largest absolute Gasteiger partial charge is 0.451 e. The molecule has 2 aromatic carbocycles. The van der Waals surface area contributed by atoms with Crippen LogP contribution in [0.4, 0.5) is 15.8 Å². The van der Waals surface area contributed by atoms with E-state index >= 15 is 4.39 Å². The van der Waals surface area contributed by atoms with Crippen molar-refractivity contribution in [2.24, 2.45) is 0 Å². The third kappa shape index (κ3) is 4.92. The maximum atomic E-state index is 15.3. The number of nitriles is 1. The van der Waals surface area contributed by atoms with Gasteiger partial charge in [-0.25, -0.2) is 4.39 Å². The number of nitrogens with zero attached hydrogens (tertiary/aromatic N) is 2. The molecule has 190 valence electrons. The minimum Gasteiger partial charge on any atom is -0.451 e. The Hall–Kier alpha value is -4.19. The molecule has 0 spiro atoms. The molecule has 5 rings (SSSR count). The Morgan fingerprint density at radius 2 is 1.86 bits per heavy atom. The Balaban J connectivity index is 1.40. The summed E-state index contributed by atoms with van der Waals surface area (Å²) in [5.41, 5.74) is -0.569. The molecule has 2 N–H and O–H groups in total. The predicted octanol–water partition coefficient (Wildman–Crippen LogP) is 4.68. The normalized spacial score (nSPS) is 17.3. The Morgan fingerprint density at radius 3 is 2.59 bits per heavy atom. The van der Waals surface area contributed by atoms with Gasteiger partial charge in [-0.2, -0.15) is 5.26 Å². The lowest BCUT2D eigenvalue weighted by molar-refractivity contribution is -0.123. The van der Waals surface area contributed by atoms with Gasteiger partial charge in [0, 0.05) is 24.0 Å². The molecule has 0 unspecified atom stereocenters. The van der Waals surface area contributed by atoms with E-state index in [2.05, 4.69) is 10.6 Å². The fourth-order valence-electron chi connectivity index (χ4n) is 5.22. The molecule has 8 nitrogen and oxygen atoms in total. The number of rotatable bonds is 5. The van der Waals surface area contributed by atoms with Crippen molar-refractivity contribution in [1.82, 2.24) is 5.32 Å². The summed E-state index contributed by atoms with van der Waals surface area (Å²) >= 11 is 0. The number of piperidine rings is 1. The number of carbonyl (C=O) groups is 3. The first-order chi connectivity index (χ1) is 17.9. The van der Waals surface area contributed by atoms with E-state index in [9.17, 15) is 19.6 Å². The fourth-order valence-corrected chi connectivity index (χ4v) is 5.22. The standard InChI is InChI=1S/C28H27FN4O4/c29-22-15-20(33-12-6-8-21(34)17-33)13-19(16-30)25(22)31-27(36)28(10-4-1-5-11-28)32-26(35)24-14-18-7-2-3-9-23(18)37-24/h2-3,7,9,13-15H,1,4-6,8,10-12,17H2,(H,31,36)(H,32,35). The number of benzene rings is 2. The summed E-state index contributed by atoms with van der Waals surface area (Å²) in [5.74, 6) is -1.73. The van der Waals surface area contributed by atoms with Crippen LogP contribution in [0.1, 0.15) is 61.1 Å². The Morgan fingerprint density at radius 1 is 1.08 bits per heavy atom. The van der Waals surface area contributed by atoms with Crippen LogP contribution >= 0.6 is 0 Å². The summed E-state index contributed by atoms with van der Waals surface area (Å²) in [6.07, 6.45) is 4.24. The van der Waals surface area contributed by atoms with E-state index in [0.717, 1.165) is 11.8 Å². The van der Waals surface area contributed by atoms with E-state index in [4.69, 9.17) is 4.42 Å². The quantitative estimate of drug-likeness (QED) is 0.523. The highest BCUT2D eigenvalue weighted by molar-refractivity contribution is 6.04. The van der Waals surface area contributed by atoms with E-state index < -0.39 is 23.2 Å². The van der Waals surface area contributed by atoms with Crippen molar-refractivity contribution in [1.29, 1.82) is 5.26 Å². The zero-order valence-corrected chi connectivity index (χ0v) is 20.3. The van der Waals surface area contributed by atoms with Crippen LogP contribution in [0.3, 0.4) is 0 Å². The van der Waals surface area contributed by atoms with Gasteiger partial charge >= 0.3 is 0 Å². The molecule has 0 atom stereocenters. The van der Waals surface area contributed by atoms with Gasteiger partial charge in [0.05, 0.1) is 17.8 Å². The zero-order valence-electron chi connectivity index (χ0n) is 20.3. The molecular formula is C28H27FN4O4. The van der Waals surface area contributed by atoms with Crippen LogP contribution in [0.5, 0.6) is 0 Å². The number of amides is 2. The van der Waals surface area contributed by atoms with Crippen LogP contribution in [0.2, 0.25) is 0 Å². The van der Waals surface area contributed by atoms with Crippen LogP contribution in [-0.4, -0.2) is 36.2 Å². The highest BCUT2D eigenvalue weighted by Crippen LogP contribution is 2.33. The summed E-state index contributed by atoms with van der Waals surface area (Å²) < 4.78 is 20.9. The van der Waals surface area contributed by atoms with Gasteiger partial charge in [0.25, 0.3) is 5.91 Å². The average molecular weight is 503 g/mol. The molecule has 37 heavy (non-hydrogen) atoms. The number of anilines is 2. The average Bonchev–Trinajstić information content (AvgIpc) is 3.35. The number of ketones is 1. The first-order valence-electron chi connectivity index (χ1n) is 12.5. The molecule has 2 aliphatic rings. The minimum absolute atomic E-state index is 0.0454. The van der Waals surface area contributed by atoms with E-state index in [1.54, 1.807) is 23.1 Å². The Kier molecular flexibility index (Phi) is 6.66. The Labute approximate surface area is 213 Å². The van der Waals surface area contributed by atoms with E-state index in [1.807, 2.05) is 18.2 Å². The van der Waals surface area contributed by atoms with Crippen molar-refractivity contribution in [3.8, 4) is 6.07 Å². The number of furan rings is 1. The first-order valence-corrected chi connectivity index (χ1v) is 12.5. The third-order valence-corrected chi connectivity index (χ3v) is 7.19. The van der Waals surface area contributed by atoms with Crippen molar-refractivity contribution in [3.63, 3.8) is 0 Å². The molecular weight excluding hydrogens is 475 g/mol. The third-order valence-electron chi connectivity index (χ3n) is 7.19. The van der Waals surface area contributed by atoms with Crippen LogP contribution in [0, 0.1) is 17.1 Å². The predicted molar refractivity (Wildman–Crippen MR) is 136 cm³/mol. The number of fused-ring (bicyclic) bond motifs is 1. The van der Waals surface area contributed by atoms with Crippen molar-refractivity contribution >= 4 is 39.9 Å². The van der Waals surface area contributed by atoms with Crippen LogP contribution in [-0.2, 0) is 9.59 Å². The second-order valence-corrected chi connectivity index (χ2v) is 9.73. The second kappa shape index (κ2) is 10.1. The SMILES string of the molecule is N#Cc1cc(N2CCCC(=O)C2)cc(F)c1NC(=O)C1(NC(=O)c2cc3ccccc3o2)CCCCC1. The number of carbonyl (C=O) groups excluding carboxylic acids is 3. The number of hydrogen-bond donors (Lipinski definition) is 2. The lowest BCUT2D eigenvalue weighted by Crippen LogP contribution is -2.57. The number of para-hydroxylation sites is 1. The summed E-state index contributed by atoms with van der Waals surface area (Å²) in [6, 6.07) is 13.5. The fraction of sp³-hybridized carbons (Fsp3) is 0.357. The summed E-state index contributed by atoms with van der Waals surface area (Å²) in [6.45, 7) is 0.742. The maximum absolute atomic E-state index is 15.3. The molecule has 0 radical (unpaired) electrons. The summed E-state index contributed by atoms with van der Waals surface area (Å²) in [4.78, 5) is 40.3. The molecule has 2 amide bonds. The van der Waals surface area contributed by atoms with Gasteiger partial charge in [0.2, 0.25) is 5.91 Å². The molecule has 1 saturated carbocycles. The molecule has 1 aliphatic carbocycles. The molecule has 0 bridgehead atoms. The van der Waals surface area contributed by atoms with Gasteiger partial charge in [-0.15, -0.1) is 0 Å². The van der Waals surface area contributed by atoms with Crippen molar-refractivity contribution in [2.45, 2.75) is 50.5 Å². The molecule has 2 fully saturated rings. The van der Waals surface area contributed by atoms with Crippen LogP contribution < -0.4 is 15.5 Å². The summed E-state index contributed by atoms with van der Waals surface area (Å²) in [7, 11) is 0. The molecule has 1 saturated heterocycles. The number of halogens is 1. The lowest BCUT2D eigenvalue weighted by atomic mass is 9.80. The molecule has 9 heteroatoms. The minimum atomic E-state index is -1.27. The van der Waals surface area contributed by atoms with Gasteiger partial charge in [-0.3, -0.25) is 14.4 Å². The molecule has 2 heterocycles.